The number of nitriles is 1. The Labute approximate surface area is 194 Å². The van der Waals surface area contributed by atoms with Crippen LogP contribution in [0.3, 0.4) is 0 Å². The number of rotatable bonds is 7. The average Bonchev–Trinajstić information content (AvgIpc) is 2.83. The van der Waals surface area contributed by atoms with Crippen molar-refractivity contribution in [2.24, 2.45) is 0 Å². The van der Waals surface area contributed by atoms with Gasteiger partial charge in [-0.05, 0) is 29.8 Å². The highest BCUT2D eigenvalue weighted by molar-refractivity contribution is 5.89. The Balaban J connectivity index is 1.84. The van der Waals surface area contributed by atoms with E-state index >= 15 is 0 Å². The number of ether oxygens (including phenoxy) is 1. The van der Waals surface area contributed by atoms with E-state index in [1.165, 1.54) is 18.1 Å². The molecule has 1 aliphatic heterocycles. The fourth-order valence-electron chi connectivity index (χ4n) is 3.77. The minimum absolute atomic E-state index is 0.000786. The van der Waals surface area contributed by atoms with Crippen LogP contribution in [0.1, 0.15) is 16.7 Å². The molecule has 1 saturated heterocycles. The Morgan fingerprint density at radius 2 is 2.09 bits per heavy atom. The van der Waals surface area contributed by atoms with Gasteiger partial charge in [0.15, 0.2) is 0 Å². The molecule has 1 aliphatic rings. The van der Waals surface area contributed by atoms with Crippen LogP contribution in [-0.2, 0) is 26.9 Å². The summed E-state index contributed by atoms with van der Waals surface area (Å²) >= 11 is 0. The summed E-state index contributed by atoms with van der Waals surface area (Å²) in [6.07, 6.45) is -1.49. The predicted molar refractivity (Wildman–Crippen MR) is 117 cm³/mol. The number of halogens is 3. The third-order valence-electron chi connectivity index (χ3n) is 5.48. The van der Waals surface area contributed by atoms with Crippen molar-refractivity contribution in [2.45, 2.75) is 18.6 Å². The third-order valence-corrected chi connectivity index (χ3v) is 5.48. The summed E-state index contributed by atoms with van der Waals surface area (Å²) in [7, 11) is 1.49. The van der Waals surface area contributed by atoms with Gasteiger partial charge in [0.25, 0.3) is 0 Å². The number of nitrogens with one attached hydrogen (secondary N) is 1. The van der Waals surface area contributed by atoms with Crippen LogP contribution in [0.25, 0.3) is 0 Å². The molecular weight excluding hydrogens is 451 g/mol. The minimum atomic E-state index is -4.69. The van der Waals surface area contributed by atoms with Crippen LogP contribution in [0.15, 0.2) is 42.7 Å². The second kappa shape index (κ2) is 11.0. The number of benzene rings is 1. The van der Waals surface area contributed by atoms with E-state index in [1.54, 1.807) is 35.5 Å². The lowest BCUT2D eigenvalue weighted by Gasteiger charge is -2.41. The smallest absolute Gasteiger partial charge is 0.383 e. The number of piperazine rings is 1. The molecule has 180 valence electrons. The number of anilines is 1. The fraction of sp³-hybridized carbons (Fsp3) is 0.391. The summed E-state index contributed by atoms with van der Waals surface area (Å²) < 4.78 is 45.2. The van der Waals surface area contributed by atoms with Gasteiger partial charge in [-0.15, -0.1) is 0 Å². The molecule has 1 atom stereocenters. The molecule has 1 aromatic carbocycles. The van der Waals surface area contributed by atoms with Gasteiger partial charge in [0.05, 0.1) is 30.2 Å². The molecule has 0 spiro atoms. The van der Waals surface area contributed by atoms with Crippen LogP contribution < -0.4 is 10.2 Å². The standard InChI is InChI=1S/C23H24F3N5O3/c1-34-10-7-29-22(33)20-15-30(18-5-4-17(13-27)19(12-18)23(24,25)26)8-9-31(20)21(32)11-16-3-2-6-28-14-16/h2-6,12,14,20H,7-11,15H2,1H3,(H,29,33). The van der Waals surface area contributed by atoms with E-state index < -0.39 is 29.3 Å². The number of amides is 2. The first-order chi connectivity index (χ1) is 16.2. The number of alkyl halides is 3. The lowest BCUT2D eigenvalue weighted by atomic mass is 10.0. The zero-order valence-electron chi connectivity index (χ0n) is 18.5. The van der Waals surface area contributed by atoms with Gasteiger partial charge in [-0.25, -0.2) is 0 Å². The van der Waals surface area contributed by atoms with E-state index in [2.05, 4.69) is 10.3 Å². The molecule has 8 nitrogen and oxygen atoms in total. The SMILES string of the molecule is COCCNC(=O)C1CN(c2ccc(C#N)c(C(F)(F)F)c2)CCN1C(=O)Cc1cccnc1. The summed E-state index contributed by atoms with van der Waals surface area (Å²) in [6, 6.07) is 7.55. The van der Waals surface area contributed by atoms with Crippen molar-refractivity contribution in [2.75, 3.05) is 44.8 Å². The summed E-state index contributed by atoms with van der Waals surface area (Å²) in [4.78, 5) is 33.0. The Morgan fingerprint density at radius 1 is 1.29 bits per heavy atom. The molecule has 2 heterocycles. The van der Waals surface area contributed by atoms with Gasteiger partial charge in [-0.1, -0.05) is 6.07 Å². The first kappa shape index (κ1) is 25.0. The van der Waals surface area contributed by atoms with Crippen LogP contribution in [0, 0.1) is 11.3 Å². The molecule has 1 fully saturated rings. The van der Waals surface area contributed by atoms with Crippen molar-refractivity contribution in [3.8, 4) is 6.07 Å². The van der Waals surface area contributed by atoms with Crippen LogP contribution in [-0.4, -0.2) is 67.6 Å². The van der Waals surface area contributed by atoms with Crippen molar-refractivity contribution in [3.05, 3.63) is 59.4 Å². The Hall–Kier alpha value is -3.65. The summed E-state index contributed by atoms with van der Waals surface area (Å²) in [6.45, 7) is 0.870. The minimum Gasteiger partial charge on any atom is -0.383 e. The van der Waals surface area contributed by atoms with Crippen LogP contribution in [0.2, 0.25) is 0 Å². The molecule has 11 heteroatoms. The topological polar surface area (TPSA) is 98.6 Å². The first-order valence-electron chi connectivity index (χ1n) is 10.6. The third kappa shape index (κ3) is 6.02. The molecule has 2 amide bonds. The number of nitrogens with zero attached hydrogens (tertiary/aromatic N) is 4. The highest BCUT2D eigenvalue weighted by Gasteiger charge is 2.37. The zero-order chi connectivity index (χ0) is 24.7. The zero-order valence-corrected chi connectivity index (χ0v) is 18.5. The first-order valence-corrected chi connectivity index (χ1v) is 10.6. The molecule has 0 radical (unpaired) electrons. The second-order valence-electron chi connectivity index (χ2n) is 7.71. The molecule has 0 saturated carbocycles. The van der Waals surface area contributed by atoms with E-state index in [0.717, 1.165) is 12.1 Å². The van der Waals surface area contributed by atoms with Gasteiger partial charge < -0.3 is 19.9 Å². The molecule has 2 aromatic rings. The van der Waals surface area contributed by atoms with Crippen molar-refractivity contribution < 1.29 is 27.5 Å². The van der Waals surface area contributed by atoms with E-state index in [9.17, 15) is 22.8 Å². The predicted octanol–water partition coefficient (Wildman–Crippen LogP) is 1.99. The van der Waals surface area contributed by atoms with Crippen LogP contribution in [0.4, 0.5) is 18.9 Å². The Kier molecular flexibility index (Phi) is 8.07. The molecule has 1 N–H and O–H groups in total. The molecule has 3 rings (SSSR count). The number of hydrogen-bond donors (Lipinski definition) is 1. The number of pyridine rings is 1. The molecule has 34 heavy (non-hydrogen) atoms. The number of methoxy groups -OCH3 is 1. The Bertz CT molecular complexity index is 1060. The van der Waals surface area contributed by atoms with E-state index in [-0.39, 0.29) is 50.8 Å². The maximum Gasteiger partial charge on any atom is 0.417 e. The highest BCUT2D eigenvalue weighted by atomic mass is 19.4. The molecule has 1 aromatic heterocycles. The van der Waals surface area contributed by atoms with E-state index in [4.69, 9.17) is 10.00 Å². The van der Waals surface area contributed by atoms with Crippen LogP contribution in [0.5, 0.6) is 0 Å². The summed E-state index contributed by atoms with van der Waals surface area (Å²) in [5, 5.41) is 11.8. The maximum atomic E-state index is 13.4. The van der Waals surface area contributed by atoms with E-state index in [0.29, 0.717) is 5.56 Å². The van der Waals surface area contributed by atoms with Crippen molar-refractivity contribution in [1.82, 2.24) is 15.2 Å². The number of carbonyl (C=O) groups excluding carboxylic acids is 2. The molecule has 0 bridgehead atoms. The van der Waals surface area contributed by atoms with Gasteiger partial charge in [0, 0.05) is 51.4 Å². The monoisotopic (exact) mass is 475 g/mol. The lowest BCUT2D eigenvalue weighted by molar-refractivity contribution is -0.140. The number of carbonyl (C=O) groups is 2. The van der Waals surface area contributed by atoms with Gasteiger partial charge in [0.2, 0.25) is 11.8 Å². The number of aromatic nitrogens is 1. The number of hydrogen-bond acceptors (Lipinski definition) is 6. The quantitative estimate of drug-likeness (QED) is 0.615. The molecule has 1 unspecified atom stereocenters. The highest BCUT2D eigenvalue weighted by Crippen LogP contribution is 2.35. The van der Waals surface area contributed by atoms with Gasteiger partial charge in [-0.3, -0.25) is 14.6 Å². The Morgan fingerprint density at radius 3 is 2.74 bits per heavy atom. The average molecular weight is 475 g/mol. The van der Waals surface area contributed by atoms with Crippen LogP contribution >= 0.6 is 0 Å². The second-order valence-corrected chi connectivity index (χ2v) is 7.71. The molecule has 0 aliphatic carbocycles. The maximum absolute atomic E-state index is 13.4. The van der Waals surface area contributed by atoms with Gasteiger partial charge in [0.1, 0.15) is 6.04 Å². The molecular formula is C23H24F3N5O3. The normalized spacial score (nSPS) is 16.1. The fourth-order valence-corrected chi connectivity index (χ4v) is 3.77. The van der Waals surface area contributed by atoms with Crippen molar-refractivity contribution >= 4 is 17.5 Å². The summed E-state index contributed by atoms with van der Waals surface area (Å²) in [5.74, 6) is -0.707. The van der Waals surface area contributed by atoms with E-state index in [1.807, 2.05) is 0 Å². The van der Waals surface area contributed by atoms with Crippen molar-refractivity contribution in [3.63, 3.8) is 0 Å². The van der Waals surface area contributed by atoms with Gasteiger partial charge >= 0.3 is 6.18 Å². The van der Waals surface area contributed by atoms with Crippen molar-refractivity contribution in [1.29, 1.82) is 5.26 Å². The summed E-state index contributed by atoms with van der Waals surface area (Å²) in [5.41, 5.74) is -0.602. The van der Waals surface area contributed by atoms with Gasteiger partial charge in [-0.2, -0.15) is 18.4 Å². The lowest BCUT2D eigenvalue weighted by Crippen LogP contribution is -2.61. The largest absolute Gasteiger partial charge is 0.417 e.